The molecule has 1 aromatic heterocycles. The number of carbonyl (C=O) groups excluding carboxylic acids is 1. The maximum Gasteiger partial charge on any atom is 0.234 e. The van der Waals surface area contributed by atoms with Crippen molar-refractivity contribution in [3.05, 3.63) is 88.9 Å². The second-order valence-electron chi connectivity index (χ2n) is 6.80. The van der Waals surface area contributed by atoms with Crippen molar-refractivity contribution in [1.29, 1.82) is 0 Å². The van der Waals surface area contributed by atoms with Gasteiger partial charge in [0.15, 0.2) is 5.16 Å². The number of para-hydroxylation sites is 2. The number of hydrogen-bond donors (Lipinski definition) is 1. The predicted molar refractivity (Wildman–Crippen MR) is 121 cm³/mol. The lowest BCUT2D eigenvalue weighted by atomic mass is 10.2. The van der Waals surface area contributed by atoms with Gasteiger partial charge in [-0.3, -0.25) is 4.79 Å². The summed E-state index contributed by atoms with van der Waals surface area (Å²) >= 11 is 7.58. The summed E-state index contributed by atoms with van der Waals surface area (Å²) in [5.41, 5.74) is 5.00. The molecule has 0 aliphatic heterocycles. The Bertz CT molecular complexity index is 1150. The molecule has 0 atom stereocenters. The van der Waals surface area contributed by atoms with Crippen LogP contribution in [0.15, 0.2) is 78.0 Å². The number of amides is 1. The van der Waals surface area contributed by atoms with Gasteiger partial charge in [-0.15, -0.1) is 0 Å². The van der Waals surface area contributed by atoms with Crippen molar-refractivity contribution in [2.75, 3.05) is 11.1 Å². The van der Waals surface area contributed by atoms with E-state index in [4.69, 9.17) is 16.6 Å². The van der Waals surface area contributed by atoms with Gasteiger partial charge in [-0.05, 0) is 48.9 Å². The third kappa shape index (κ3) is 4.81. The van der Waals surface area contributed by atoms with Crippen molar-refractivity contribution < 1.29 is 4.79 Å². The normalized spacial score (nSPS) is 11.0. The van der Waals surface area contributed by atoms with Gasteiger partial charge < -0.3 is 9.88 Å². The Morgan fingerprint density at radius 2 is 1.86 bits per heavy atom. The lowest BCUT2D eigenvalue weighted by Crippen LogP contribution is -2.14. The van der Waals surface area contributed by atoms with Crippen molar-refractivity contribution in [1.82, 2.24) is 9.55 Å². The summed E-state index contributed by atoms with van der Waals surface area (Å²) in [4.78, 5) is 17.1. The third-order valence-electron chi connectivity index (χ3n) is 4.52. The molecule has 29 heavy (non-hydrogen) atoms. The van der Waals surface area contributed by atoms with Gasteiger partial charge in [-0.1, -0.05) is 65.3 Å². The summed E-state index contributed by atoms with van der Waals surface area (Å²) in [6, 6.07) is 23.6. The summed E-state index contributed by atoms with van der Waals surface area (Å²) in [7, 11) is 0. The molecule has 4 rings (SSSR count). The average Bonchev–Trinajstić information content (AvgIpc) is 3.06. The SMILES string of the molecule is Cc1ccc(NC(=O)CSc2nc3ccccc3n2Cc2cccc(Cl)c2)cc1. The van der Waals surface area contributed by atoms with Gasteiger partial charge in [0.1, 0.15) is 0 Å². The van der Waals surface area contributed by atoms with Crippen LogP contribution in [0.4, 0.5) is 5.69 Å². The van der Waals surface area contributed by atoms with E-state index in [1.807, 2.05) is 79.7 Å². The van der Waals surface area contributed by atoms with Gasteiger partial charge in [0.05, 0.1) is 23.3 Å². The standard InChI is InChI=1S/C23H20ClN3OS/c1-16-9-11-19(12-10-16)25-22(28)15-29-23-26-20-7-2-3-8-21(20)27(23)14-17-5-4-6-18(24)13-17/h2-13H,14-15H2,1H3,(H,25,28). The Morgan fingerprint density at radius 3 is 2.66 bits per heavy atom. The Labute approximate surface area is 178 Å². The first kappa shape index (κ1) is 19.6. The number of aryl methyl sites for hydroxylation is 1. The lowest BCUT2D eigenvalue weighted by Gasteiger charge is -2.10. The first-order valence-corrected chi connectivity index (χ1v) is 10.6. The number of nitrogens with one attached hydrogen (secondary N) is 1. The first-order valence-electron chi connectivity index (χ1n) is 9.27. The Balaban J connectivity index is 1.53. The predicted octanol–water partition coefficient (Wildman–Crippen LogP) is 5.78. The molecule has 6 heteroatoms. The molecule has 0 saturated heterocycles. The topological polar surface area (TPSA) is 46.9 Å². The highest BCUT2D eigenvalue weighted by molar-refractivity contribution is 7.99. The minimum atomic E-state index is -0.0554. The molecule has 146 valence electrons. The highest BCUT2D eigenvalue weighted by Gasteiger charge is 2.13. The van der Waals surface area contributed by atoms with E-state index in [-0.39, 0.29) is 11.7 Å². The van der Waals surface area contributed by atoms with Crippen molar-refractivity contribution in [2.24, 2.45) is 0 Å². The van der Waals surface area contributed by atoms with Crippen LogP contribution in [-0.2, 0) is 11.3 Å². The van der Waals surface area contributed by atoms with E-state index in [2.05, 4.69) is 9.88 Å². The number of halogens is 1. The molecule has 0 bridgehead atoms. The zero-order valence-electron chi connectivity index (χ0n) is 15.9. The van der Waals surface area contributed by atoms with Crippen LogP contribution in [0.25, 0.3) is 11.0 Å². The van der Waals surface area contributed by atoms with Crippen molar-refractivity contribution in [3.8, 4) is 0 Å². The molecular weight excluding hydrogens is 402 g/mol. The number of nitrogens with zero attached hydrogens (tertiary/aromatic N) is 2. The lowest BCUT2D eigenvalue weighted by molar-refractivity contribution is -0.113. The number of fused-ring (bicyclic) bond motifs is 1. The molecule has 0 fully saturated rings. The van der Waals surface area contributed by atoms with E-state index in [0.717, 1.165) is 33.0 Å². The van der Waals surface area contributed by atoms with Crippen LogP contribution in [0.2, 0.25) is 5.02 Å². The smallest absolute Gasteiger partial charge is 0.234 e. The Hall–Kier alpha value is -2.76. The molecule has 0 aliphatic carbocycles. The largest absolute Gasteiger partial charge is 0.325 e. The fraction of sp³-hybridized carbons (Fsp3) is 0.130. The Morgan fingerprint density at radius 1 is 1.07 bits per heavy atom. The average molecular weight is 422 g/mol. The highest BCUT2D eigenvalue weighted by Crippen LogP contribution is 2.26. The summed E-state index contributed by atoms with van der Waals surface area (Å²) in [6.45, 7) is 2.66. The summed E-state index contributed by atoms with van der Waals surface area (Å²) in [6.07, 6.45) is 0. The third-order valence-corrected chi connectivity index (χ3v) is 5.73. The number of anilines is 1. The zero-order chi connectivity index (χ0) is 20.2. The molecule has 4 nitrogen and oxygen atoms in total. The highest BCUT2D eigenvalue weighted by atomic mass is 35.5. The zero-order valence-corrected chi connectivity index (χ0v) is 17.5. The van der Waals surface area contributed by atoms with Crippen LogP contribution in [0.1, 0.15) is 11.1 Å². The second kappa shape index (κ2) is 8.72. The number of imidazole rings is 1. The first-order chi connectivity index (χ1) is 14.1. The fourth-order valence-electron chi connectivity index (χ4n) is 3.10. The maximum absolute atomic E-state index is 12.4. The van der Waals surface area contributed by atoms with E-state index in [9.17, 15) is 4.79 Å². The van der Waals surface area contributed by atoms with Crippen LogP contribution in [0.5, 0.6) is 0 Å². The molecular formula is C23H20ClN3OS. The number of carbonyl (C=O) groups is 1. The molecule has 0 saturated carbocycles. The molecule has 1 heterocycles. The number of thioether (sulfide) groups is 1. The molecule has 1 N–H and O–H groups in total. The van der Waals surface area contributed by atoms with Crippen molar-refractivity contribution >= 4 is 46.0 Å². The van der Waals surface area contributed by atoms with E-state index >= 15 is 0 Å². The van der Waals surface area contributed by atoms with E-state index in [0.29, 0.717) is 11.6 Å². The van der Waals surface area contributed by atoms with Gasteiger partial charge in [0, 0.05) is 10.7 Å². The van der Waals surface area contributed by atoms with E-state index in [1.165, 1.54) is 11.8 Å². The quantitative estimate of drug-likeness (QED) is 0.401. The number of hydrogen-bond acceptors (Lipinski definition) is 3. The fourth-order valence-corrected chi connectivity index (χ4v) is 4.13. The second-order valence-corrected chi connectivity index (χ2v) is 8.18. The molecule has 0 spiro atoms. The van der Waals surface area contributed by atoms with Gasteiger partial charge in [0.2, 0.25) is 5.91 Å². The van der Waals surface area contributed by atoms with E-state index in [1.54, 1.807) is 0 Å². The van der Waals surface area contributed by atoms with Crippen LogP contribution in [0, 0.1) is 6.92 Å². The van der Waals surface area contributed by atoms with Crippen molar-refractivity contribution in [3.63, 3.8) is 0 Å². The van der Waals surface area contributed by atoms with Gasteiger partial charge in [-0.2, -0.15) is 0 Å². The minimum Gasteiger partial charge on any atom is -0.325 e. The number of rotatable bonds is 6. The number of aromatic nitrogens is 2. The van der Waals surface area contributed by atoms with Gasteiger partial charge in [0.25, 0.3) is 0 Å². The van der Waals surface area contributed by atoms with Crippen LogP contribution >= 0.6 is 23.4 Å². The molecule has 0 radical (unpaired) electrons. The monoisotopic (exact) mass is 421 g/mol. The van der Waals surface area contributed by atoms with Crippen LogP contribution < -0.4 is 5.32 Å². The minimum absolute atomic E-state index is 0.0554. The molecule has 0 aliphatic rings. The van der Waals surface area contributed by atoms with Crippen LogP contribution in [-0.4, -0.2) is 21.2 Å². The summed E-state index contributed by atoms with van der Waals surface area (Å²) < 4.78 is 2.13. The van der Waals surface area contributed by atoms with Crippen molar-refractivity contribution in [2.45, 2.75) is 18.6 Å². The number of benzene rings is 3. The van der Waals surface area contributed by atoms with Crippen LogP contribution in [0.3, 0.4) is 0 Å². The molecule has 4 aromatic rings. The molecule has 3 aromatic carbocycles. The summed E-state index contributed by atoms with van der Waals surface area (Å²) in [5, 5.41) is 4.45. The van der Waals surface area contributed by atoms with Gasteiger partial charge in [-0.25, -0.2) is 4.98 Å². The molecule has 0 unspecified atom stereocenters. The summed E-state index contributed by atoms with van der Waals surface area (Å²) in [5.74, 6) is 0.229. The molecule has 1 amide bonds. The van der Waals surface area contributed by atoms with E-state index < -0.39 is 0 Å². The maximum atomic E-state index is 12.4. The Kier molecular flexibility index (Phi) is 5.88. The van der Waals surface area contributed by atoms with Gasteiger partial charge >= 0.3 is 0 Å².